The fraction of sp³-hybridized carbons (Fsp3) is 0.480. The molecule has 2 aliphatic rings. The van der Waals surface area contributed by atoms with Crippen molar-refractivity contribution in [1.29, 1.82) is 5.26 Å². The highest BCUT2D eigenvalue weighted by atomic mass is 32.1. The van der Waals surface area contributed by atoms with Gasteiger partial charge >= 0.3 is 6.18 Å². The van der Waals surface area contributed by atoms with Gasteiger partial charge in [-0.1, -0.05) is 45.0 Å². The number of aryl methyl sites for hydroxylation is 1. The molecule has 2 aromatic carbocycles. The smallest absolute Gasteiger partial charge is 0.420 e. The largest absolute Gasteiger partial charge is 0.478 e. The number of aromatic nitrogens is 2. The number of amides is 4. The molecule has 71 heavy (non-hydrogen) atoms. The molecule has 15 nitrogen and oxygen atoms in total. The third kappa shape index (κ3) is 13.1. The normalized spacial score (nSPS) is 16.3. The Hall–Kier alpha value is -6.08. The zero-order valence-electron chi connectivity index (χ0n) is 40.5. The van der Waals surface area contributed by atoms with Crippen LogP contribution in [-0.4, -0.2) is 101 Å². The van der Waals surface area contributed by atoms with Crippen LogP contribution in [0.25, 0.3) is 10.4 Å². The molecule has 380 valence electrons. The third-order valence-corrected chi connectivity index (χ3v) is 13.4. The molecule has 0 unspecified atom stereocenters. The highest BCUT2D eigenvalue weighted by molar-refractivity contribution is 7.81. The number of benzene rings is 2. The Kier molecular flexibility index (Phi) is 17.9. The van der Waals surface area contributed by atoms with E-state index < -0.39 is 63.7 Å². The molecule has 0 bridgehead atoms. The first kappa shape index (κ1) is 54.3. The number of ether oxygens (including phenoxy) is 3. The van der Waals surface area contributed by atoms with Crippen LogP contribution >= 0.6 is 23.6 Å². The van der Waals surface area contributed by atoms with Crippen LogP contribution in [0.4, 0.5) is 28.9 Å². The molecule has 4 heterocycles. The van der Waals surface area contributed by atoms with Gasteiger partial charge in [0.25, 0.3) is 5.91 Å². The molecule has 2 atom stereocenters. The lowest BCUT2D eigenvalue weighted by molar-refractivity contribution is -0.144. The van der Waals surface area contributed by atoms with E-state index >= 15 is 4.39 Å². The number of carbonyl (C=O) groups excluding carboxylic acids is 4. The van der Waals surface area contributed by atoms with Crippen molar-refractivity contribution in [3.05, 3.63) is 88.4 Å². The quantitative estimate of drug-likeness (QED) is 0.0465. The van der Waals surface area contributed by atoms with E-state index in [1.54, 1.807) is 28.4 Å². The lowest BCUT2D eigenvalue weighted by Crippen LogP contribution is -2.58. The van der Waals surface area contributed by atoms with E-state index in [9.17, 15) is 32.3 Å². The summed E-state index contributed by atoms with van der Waals surface area (Å²) in [5.74, 6) is -3.23. The number of pyridine rings is 1. The molecule has 6 rings (SSSR count). The Bertz CT molecular complexity index is 2600. The number of hydrogen-bond donors (Lipinski definition) is 2. The van der Waals surface area contributed by atoms with Gasteiger partial charge in [0, 0.05) is 39.0 Å². The maximum absolute atomic E-state index is 15.3. The minimum absolute atomic E-state index is 0.231. The van der Waals surface area contributed by atoms with Crippen molar-refractivity contribution in [2.45, 2.75) is 110 Å². The van der Waals surface area contributed by atoms with Gasteiger partial charge in [0.05, 0.1) is 51.9 Å². The SMILES string of the molecule is Cc1ncsc1-c1ccc(CNC(=O)[C@@H]2CCCN2C(=O)[C@@H](NC(=O)COCCCOCCCCCOc2ccc(N3C(=S)N(c4ccc(C#N)c(C(F)(F)F)c4F)C(=O)C3(C)C)cn2)C(C)(C)C)cc1. The monoisotopic (exact) mass is 1020 g/mol. The van der Waals surface area contributed by atoms with Crippen LogP contribution in [0.3, 0.4) is 0 Å². The highest BCUT2D eigenvalue weighted by Gasteiger charge is 2.52. The Morgan fingerprint density at radius 2 is 1.68 bits per heavy atom. The van der Waals surface area contributed by atoms with E-state index in [2.05, 4.69) is 20.6 Å². The number of halogens is 4. The van der Waals surface area contributed by atoms with Gasteiger partial charge in [-0.2, -0.15) is 18.4 Å². The minimum atomic E-state index is -5.19. The number of thiocarbonyl (C=S) groups is 1. The van der Waals surface area contributed by atoms with Gasteiger partial charge in [-0.25, -0.2) is 14.4 Å². The number of nitriles is 1. The summed E-state index contributed by atoms with van der Waals surface area (Å²) in [4.78, 5) is 67.1. The number of nitrogens with one attached hydrogen (secondary N) is 2. The van der Waals surface area contributed by atoms with Gasteiger partial charge in [0.15, 0.2) is 10.9 Å². The van der Waals surface area contributed by atoms with Gasteiger partial charge in [0.1, 0.15) is 29.8 Å². The standard InChI is InChI=1S/C50H58F4N8O7S2/c1-31-42(71-30-58-31)33-15-13-32(14-16-33)27-57-44(64)37-12-10-21-60(37)45(65)43(48(2,3)4)59-38(63)29-68-24-11-23-67-22-8-7-9-25-69-39-20-18-35(28-56-39)62-47(70)61(46(66)49(62,5)6)36-19-17-34(26-55)40(41(36)51)50(52,53)54/h13-20,28,30,37,43H,7-12,21-25,27,29H2,1-6H3,(H,57,64)(H,59,63)/t37-,43+/m0/s1. The number of hydrogen-bond acceptors (Lipinski definition) is 12. The van der Waals surface area contributed by atoms with Gasteiger partial charge < -0.3 is 34.6 Å². The number of likely N-dealkylation sites (tertiary alicyclic amines) is 1. The molecule has 0 radical (unpaired) electrons. The summed E-state index contributed by atoms with van der Waals surface area (Å²) in [6, 6.07) is 12.7. The van der Waals surface area contributed by atoms with E-state index in [1.165, 1.54) is 31.0 Å². The number of carbonyl (C=O) groups is 4. The molecule has 2 fully saturated rings. The van der Waals surface area contributed by atoms with E-state index in [0.717, 1.165) is 46.7 Å². The highest BCUT2D eigenvalue weighted by Crippen LogP contribution is 2.42. The predicted molar refractivity (Wildman–Crippen MR) is 263 cm³/mol. The number of nitrogens with zero attached hydrogens (tertiary/aromatic N) is 6. The molecule has 2 aromatic heterocycles. The molecule has 21 heteroatoms. The van der Waals surface area contributed by atoms with Crippen molar-refractivity contribution in [3.63, 3.8) is 0 Å². The fourth-order valence-electron chi connectivity index (χ4n) is 8.31. The Morgan fingerprint density at radius 1 is 0.972 bits per heavy atom. The molecule has 0 spiro atoms. The van der Waals surface area contributed by atoms with Gasteiger partial charge in [-0.15, -0.1) is 11.3 Å². The van der Waals surface area contributed by atoms with E-state index in [1.807, 2.05) is 57.5 Å². The van der Waals surface area contributed by atoms with E-state index in [0.29, 0.717) is 69.2 Å². The number of rotatable bonds is 21. The maximum Gasteiger partial charge on any atom is 0.420 e. The molecule has 4 amide bonds. The Labute approximate surface area is 419 Å². The lowest BCUT2D eigenvalue weighted by Gasteiger charge is -2.35. The van der Waals surface area contributed by atoms with Crippen LogP contribution < -0.4 is 25.2 Å². The molecule has 2 saturated heterocycles. The Balaban J connectivity index is 0.848. The summed E-state index contributed by atoms with van der Waals surface area (Å²) >= 11 is 7.07. The van der Waals surface area contributed by atoms with Crippen molar-refractivity contribution < 1.29 is 51.0 Å². The topological polar surface area (TPSA) is 179 Å². The second-order valence-corrected chi connectivity index (χ2v) is 20.0. The zero-order valence-corrected chi connectivity index (χ0v) is 42.1. The van der Waals surface area contributed by atoms with Crippen LogP contribution in [-0.2, 0) is 41.4 Å². The van der Waals surface area contributed by atoms with Crippen LogP contribution in [0.1, 0.15) is 95.5 Å². The lowest BCUT2D eigenvalue weighted by atomic mass is 9.85. The summed E-state index contributed by atoms with van der Waals surface area (Å²) in [6.45, 7) is 12.6. The number of anilines is 2. The fourth-order valence-corrected chi connectivity index (χ4v) is 9.64. The second kappa shape index (κ2) is 23.4. The maximum atomic E-state index is 15.3. The summed E-state index contributed by atoms with van der Waals surface area (Å²) in [5, 5.41) is 14.7. The van der Waals surface area contributed by atoms with Gasteiger partial charge in [-0.05, 0) is 106 Å². The van der Waals surface area contributed by atoms with Crippen molar-refractivity contribution >= 4 is 63.7 Å². The molecule has 0 aliphatic carbocycles. The van der Waals surface area contributed by atoms with Crippen molar-refractivity contribution in [1.82, 2.24) is 25.5 Å². The Morgan fingerprint density at radius 3 is 2.32 bits per heavy atom. The van der Waals surface area contributed by atoms with Crippen molar-refractivity contribution in [2.24, 2.45) is 5.41 Å². The summed E-state index contributed by atoms with van der Waals surface area (Å²) < 4.78 is 73.6. The van der Waals surface area contributed by atoms with Crippen LogP contribution in [0.2, 0.25) is 0 Å². The van der Waals surface area contributed by atoms with Crippen LogP contribution in [0.15, 0.2) is 60.2 Å². The molecule has 2 N–H and O–H groups in total. The zero-order chi connectivity index (χ0) is 51.7. The van der Waals surface area contributed by atoms with Crippen molar-refractivity contribution in [3.8, 4) is 22.4 Å². The molecule has 2 aliphatic heterocycles. The molecule has 0 saturated carbocycles. The summed E-state index contributed by atoms with van der Waals surface area (Å²) in [6.07, 6.45) is 0.223. The summed E-state index contributed by atoms with van der Waals surface area (Å²) in [7, 11) is 0. The molecular weight excluding hydrogens is 965 g/mol. The van der Waals surface area contributed by atoms with E-state index in [4.69, 9.17) is 31.7 Å². The van der Waals surface area contributed by atoms with Crippen LogP contribution in [0.5, 0.6) is 5.88 Å². The van der Waals surface area contributed by atoms with Crippen molar-refractivity contribution in [2.75, 3.05) is 49.4 Å². The number of unbranched alkanes of at least 4 members (excludes halogenated alkanes) is 2. The first-order chi connectivity index (χ1) is 33.6. The second-order valence-electron chi connectivity index (χ2n) is 18.8. The average Bonchev–Trinajstić information content (AvgIpc) is 4.03. The first-order valence-electron chi connectivity index (χ1n) is 23.2. The summed E-state index contributed by atoms with van der Waals surface area (Å²) in [5.41, 5.74) is -0.360. The predicted octanol–water partition coefficient (Wildman–Crippen LogP) is 8.27. The number of alkyl halides is 3. The van der Waals surface area contributed by atoms with Gasteiger partial charge in [-0.3, -0.25) is 24.1 Å². The average molecular weight is 1020 g/mol. The van der Waals surface area contributed by atoms with Gasteiger partial charge in [0.2, 0.25) is 23.6 Å². The van der Waals surface area contributed by atoms with E-state index in [-0.39, 0.29) is 36.0 Å². The first-order valence-corrected chi connectivity index (χ1v) is 24.5. The molecule has 4 aromatic rings. The molecular formula is C50H58F4N8O7S2. The number of thiazole rings is 1. The minimum Gasteiger partial charge on any atom is -0.478 e. The van der Waals surface area contributed by atoms with Crippen LogP contribution in [0, 0.1) is 29.5 Å². The third-order valence-electron chi connectivity index (χ3n) is 12.1.